The molecule has 0 bridgehead atoms. The van der Waals surface area contributed by atoms with Gasteiger partial charge in [-0.05, 0) is 19.4 Å². The quantitative estimate of drug-likeness (QED) is 0.800. The van der Waals surface area contributed by atoms with Gasteiger partial charge in [-0.1, -0.05) is 6.92 Å². The number of esters is 1. The van der Waals surface area contributed by atoms with Gasteiger partial charge in [0.2, 0.25) is 0 Å². The molecular weight excluding hydrogens is 298 g/mol. The lowest BCUT2D eigenvalue weighted by molar-refractivity contribution is 0.0515. The highest BCUT2D eigenvalue weighted by atomic mass is 16.5. The first-order chi connectivity index (χ1) is 11.0. The minimum absolute atomic E-state index is 0.300. The van der Waals surface area contributed by atoms with Crippen LogP contribution in [0.25, 0.3) is 0 Å². The normalized spacial score (nSPS) is 10.4. The predicted molar refractivity (Wildman–Crippen MR) is 86.5 cm³/mol. The maximum atomic E-state index is 12.1. The fourth-order valence-corrected chi connectivity index (χ4v) is 2.15. The Bertz CT molecular complexity index is 689. The number of ether oxygens (including phenoxy) is 1. The second-order valence-corrected chi connectivity index (χ2v) is 4.96. The molecule has 8 heteroatoms. The van der Waals surface area contributed by atoms with Crippen molar-refractivity contribution in [1.82, 2.24) is 14.3 Å². The van der Waals surface area contributed by atoms with E-state index >= 15 is 0 Å². The molecule has 0 unspecified atom stereocenters. The van der Waals surface area contributed by atoms with Gasteiger partial charge in [0, 0.05) is 25.9 Å². The van der Waals surface area contributed by atoms with Crippen LogP contribution in [0.15, 0.2) is 24.5 Å². The molecule has 2 heterocycles. The summed E-state index contributed by atoms with van der Waals surface area (Å²) in [5.74, 6) is 0.190. The Labute approximate surface area is 134 Å². The highest BCUT2D eigenvalue weighted by Gasteiger charge is 2.14. The van der Waals surface area contributed by atoms with E-state index in [2.05, 4.69) is 15.7 Å². The number of urea groups is 1. The van der Waals surface area contributed by atoms with Crippen molar-refractivity contribution >= 4 is 23.5 Å². The fraction of sp³-hybridized carbons (Fsp3) is 0.400. The number of carbonyl (C=O) groups excluding carboxylic acids is 2. The van der Waals surface area contributed by atoms with E-state index in [0.29, 0.717) is 23.8 Å². The SMILES string of the molecule is CCCn1nccc1NC(=O)Nc1cc(C(=O)OCC)n(C)c1. The Morgan fingerprint density at radius 2 is 2.09 bits per heavy atom. The average molecular weight is 319 g/mol. The zero-order valence-corrected chi connectivity index (χ0v) is 13.5. The number of rotatable bonds is 6. The second-order valence-electron chi connectivity index (χ2n) is 4.96. The van der Waals surface area contributed by atoms with Gasteiger partial charge >= 0.3 is 12.0 Å². The highest BCUT2D eigenvalue weighted by molar-refractivity contribution is 6.00. The van der Waals surface area contributed by atoms with Gasteiger partial charge in [-0.25, -0.2) is 14.3 Å². The third-order valence-electron chi connectivity index (χ3n) is 3.14. The van der Waals surface area contributed by atoms with Gasteiger partial charge in [0.25, 0.3) is 0 Å². The molecule has 2 rings (SSSR count). The third kappa shape index (κ3) is 4.12. The summed E-state index contributed by atoms with van der Waals surface area (Å²) in [5, 5.41) is 9.56. The molecule has 0 spiro atoms. The van der Waals surface area contributed by atoms with Gasteiger partial charge in [0.05, 0.1) is 18.5 Å². The number of carbonyl (C=O) groups is 2. The molecule has 0 saturated carbocycles. The molecule has 2 aromatic rings. The van der Waals surface area contributed by atoms with Crippen molar-refractivity contribution in [2.45, 2.75) is 26.8 Å². The van der Waals surface area contributed by atoms with E-state index < -0.39 is 12.0 Å². The molecule has 2 N–H and O–H groups in total. The summed E-state index contributed by atoms with van der Waals surface area (Å²) < 4.78 is 8.28. The lowest BCUT2D eigenvalue weighted by atomic mass is 10.4. The number of aryl methyl sites for hydroxylation is 2. The Kier molecular flexibility index (Phi) is 5.40. The van der Waals surface area contributed by atoms with E-state index in [4.69, 9.17) is 4.74 Å². The van der Waals surface area contributed by atoms with E-state index in [0.717, 1.165) is 13.0 Å². The number of nitrogens with one attached hydrogen (secondary N) is 2. The summed E-state index contributed by atoms with van der Waals surface area (Å²) in [5.41, 5.74) is 0.882. The van der Waals surface area contributed by atoms with Crippen LogP contribution in [0.1, 0.15) is 30.8 Å². The predicted octanol–water partition coefficient (Wildman–Crippen LogP) is 2.45. The van der Waals surface area contributed by atoms with Crippen LogP contribution < -0.4 is 10.6 Å². The second kappa shape index (κ2) is 7.48. The minimum atomic E-state index is -0.426. The van der Waals surface area contributed by atoms with Gasteiger partial charge in [0.15, 0.2) is 0 Å². The molecule has 124 valence electrons. The first kappa shape index (κ1) is 16.6. The summed E-state index contributed by atoms with van der Waals surface area (Å²) in [7, 11) is 1.71. The molecule has 2 aromatic heterocycles. The fourth-order valence-electron chi connectivity index (χ4n) is 2.15. The van der Waals surface area contributed by atoms with Crippen LogP contribution >= 0.6 is 0 Å². The van der Waals surface area contributed by atoms with Gasteiger partial charge in [0.1, 0.15) is 11.5 Å². The van der Waals surface area contributed by atoms with E-state index in [9.17, 15) is 9.59 Å². The van der Waals surface area contributed by atoms with E-state index in [-0.39, 0.29) is 0 Å². The summed E-state index contributed by atoms with van der Waals surface area (Å²) >= 11 is 0. The molecule has 23 heavy (non-hydrogen) atoms. The van der Waals surface area contributed by atoms with Crippen LogP contribution in [0.2, 0.25) is 0 Å². The molecule has 0 saturated heterocycles. The van der Waals surface area contributed by atoms with Crippen molar-refractivity contribution < 1.29 is 14.3 Å². The third-order valence-corrected chi connectivity index (χ3v) is 3.14. The van der Waals surface area contributed by atoms with Crippen LogP contribution in [0.4, 0.5) is 16.3 Å². The number of aromatic nitrogens is 3. The summed E-state index contributed by atoms with van der Waals surface area (Å²) in [4.78, 5) is 23.8. The Hall–Kier alpha value is -2.77. The highest BCUT2D eigenvalue weighted by Crippen LogP contribution is 2.15. The van der Waals surface area contributed by atoms with Crippen molar-refractivity contribution in [3.05, 3.63) is 30.2 Å². The molecule has 0 radical (unpaired) electrons. The zero-order valence-electron chi connectivity index (χ0n) is 13.5. The van der Waals surface area contributed by atoms with Crippen molar-refractivity contribution in [2.24, 2.45) is 7.05 Å². The lowest BCUT2D eigenvalue weighted by Crippen LogP contribution is -2.21. The van der Waals surface area contributed by atoms with Gasteiger partial charge in [-0.2, -0.15) is 5.10 Å². The van der Waals surface area contributed by atoms with E-state index in [1.807, 2.05) is 6.92 Å². The van der Waals surface area contributed by atoms with Crippen LogP contribution in [0.5, 0.6) is 0 Å². The van der Waals surface area contributed by atoms with Crippen LogP contribution in [-0.2, 0) is 18.3 Å². The number of amides is 2. The molecule has 0 aliphatic heterocycles. The number of anilines is 2. The van der Waals surface area contributed by atoms with Crippen molar-refractivity contribution in [2.75, 3.05) is 17.2 Å². The minimum Gasteiger partial charge on any atom is -0.461 e. The van der Waals surface area contributed by atoms with Gasteiger partial charge in [-0.3, -0.25) is 5.32 Å². The van der Waals surface area contributed by atoms with Crippen LogP contribution in [-0.4, -0.2) is 33.0 Å². The van der Waals surface area contributed by atoms with Crippen molar-refractivity contribution in [3.63, 3.8) is 0 Å². The summed E-state index contributed by atoms with van der Waals surface area (Å²) in [6, 6.07) is 2.90. The average Bonchev–Trinajstić information content (AvgIpc) is 3.06. The van der Waals surface area contributed by atoms with Gasteiger partial charge < -0.3 is 14.6 Å². The molecule has 0 fully saturated rings. The Morgan fingerprint density at radius 1 is 1.30 bits per heavy atom. The Balaban J connectivity index is 2.01. The number of hydrogen-bond donors (Lipinski definition) is 2. The van der Waals surface area contributed by atoms with Gasteiger partial charge in [-0.15, -0.1) is 0 Å². The smallest absolute Gasteiger partial charge is 0.355 e. The van der Waals surface area contributed by atoms with Crippen molar-refractivity contribution in [3.8, 4) is 0 Å². The molecule has 0 aliphatic rings. The van der Waals surface area contributed by atoms with E-state index in [1.165, 1.54) is 0 Å². The monoisotopic (exact) mass is 319 g/mol. The molecule has 0 atom stereocenters. The van der Waals surface area contributed by atoms with E-state index in [1.54, 1.807) is 47.7 Å². The molecule has 0 aromatic carbocycles. The van der Waals surface area contributed by atoms with Crippen molar-refractivity contribution in [1.29, 1.82) is 0 Å². The maximum absolute atomic E-state index is 12.1. The molecule has 2 amide bonds. The van der Waals surface area contributed by atoms with Crippen LogP contribution in [0.3, 0.4) is 0 Å². The maximum Gasteiger partial charge on any atom is 0.355 e. The number of nitrogens with zero attached hydrogens (tertiary/aromatic N) is 3. The molecular formula is C15H21N5O3. The topological polar surface area (TPSA) is 90.2 Å². The van der Waals surface area contributed by atoms with Crippen LogP contribution in [0, 0.1) is 0 Å². The molecule has 0 aliphatic carbocycles. The first-order valence-corrected chi connectivity index (χ1v) is 7.48. The number of hydrogen-bond acceptors (Lipinski definition) is 4. The lowest BCUT2D eigenvalue weighted by Gasteiger charge is -2.08. The Morgan fingerprint density at radius 3 is 2.78 bits per heavy atom. The summed E-state index contributed by atoms with van der Waals surface area (Å²) in [6.07, 6.45) is 4.20. The zero-order chi connectivity index (χ0) is 16.8. The standard InChI is InChI=1S/C15H21N5O3/c1-4-8-20-13(6-7-16-20)18-15(22)17-11-9-12(19(3)10-11)14(21)23-5-2/h6-7,9-10H,4-5,8H2,1-3H3,(H2,17,18,22). The molecule has 8 nitrogen and oxygen atoms in total. The first-order valence-electron chi connectivity index (χ1n) is 7.48. The summed E-state index contributed by atoms with van der Waals surface area (Å²) in [6.45, 7) is 4.80. The largest absolute Gasteiger partial charge is 0.461 e.